The summed E-state index contributed by atoms with van der Waals surface area (Å²) >= 11 is 0. The van der Waals surface area contributed by atoms with Gasteiger partial charge in [0.15, 0.2) is 17.7 Å². The third-order valence-corrected chi connectivity index (χ3v) is 5.29. The average molecular weight is 423 g/mol. The molecule has 2 aromatic rings. The molecule has 3 atom stereocenters. The molecule has 0 aliphatic carbocycles. The quantitative estimate of drug-likeness (QED) is 0.654. The normalized spacial score (nSPS) is 23.4. The zero-order chi connectivity index (χ0) is 21.6. The fourth-order valence-corrected chi connectivity index (χ4v) is 3.96. The number of piperidine rings is 1. The van der Waals surface area contributed by atoms with Crippen LogP contribution in [0, 0.1) is 5.92 Å². The summed E-state index contributed by atoms with van der Waals surface area (Å²) in [7, 11) is 0. The van der Waals surface area contributed by atoms with E-state index in [0.29, 0.717) is 24.7 Å². The lowest BCUT2D eigenvalue weighted by Crippen LogP contribution is -2.51. The van der Waals surface area contributed by atoms with Gasteiger partial charge in [-0.2, -0.15) is 0 Å². The molecule has 0 radical (unpaired) electrons. The lowest BCUT2D eigenvalue weighted by molar-refractivity contribution is -0.266. The van der Waals surface area contributed by atoms with E-state index in [-0.39, 0.29) is 5.92 Å². The van der Waals surface area contributed by atoms with Gasteiger partial charge in [0.05, 0.1) is 12.5 Å². The van der Waals surface area contributed by atoms with E-state index in [4.69, 9.17) is 19.0 Å². The Balaban J connectivity index is 1.70. The van der Waals surface area contributed by atoms with Crippen LogP contribution in [-0.4, -0.2) is 36.4 Å². The van der Waals surface area contributed by atoms with Gasteiger partial charge in [0.2, 0.25) is 0 Å². The molecule has 162 valence electrons. The van der Waals surface area contributed by atoms with Gasteiger partial charge in [0.25, 0.3) is 0 Å². The first-order valence-corrected chi connectivity index (χ1v) is 10.5. The van der Waals surface area contributed by atoms with Crippen molar-refractivity contribution in [3.8, 4) is 11.5 Å². The maximum atomic E-state index is 12.2. The number of hydroxylamine groups is 2. The number of carbonyl (C=O) groups excluding carboxylic acids is 2. The number of fused-ring (bicyclic) bond motifs is 1. The number of hydrogen-bond donors (Lipinski definition) is 0. The molecule has 31 heavy (non-hydrogen) atoms. The minimum atomic E-state index is -0.764. The third-order valence-electron chi connectivity index (χ3n) is 5.29. The first-order chi connectivity index (χ1) is 15.2. The van der Waals surface area contributed by atoms with Crippen molar-refractivity contribution in [1.29, 1.82) is 0 Å². The Morgan fingerprint density at radius 3 is 2.48 bits per heavy atom. The van der Waals surface area contributed by atoms with Crippen molar-refractivity contribution in [2.45, 2.75) is 32.1 Å². The average Bonchev–Trinajstić information content (AvgIpc) is 2.78. The Labute approximate surface area is 181 Å². The van der Waals surface area contributed by atoms with Crippen molar-refractivity contribution in [3.63, 3.8) is 0 Å². The molecular formula is C24H25NO6. The van der Waals surface area contributed by atoms with E-state index in [0.717, 1.165) is 30.6 Å². The van der Waals surface area contributed by atoms with Crippen molar-refractivity contribution < 1.29 is 28.6 Å². The number of nitrogens with zero attached hydrogens (tertiary/aromatic N) is 1. The Kier molecular flexibility index (Phi) is 6.52. The molecule has 7 heteroatoms. The zero-order valence-electron chi connectivity index (χ0n) is 17.3. The number of rotatable bonds is 6. The highest BCUT2D eigenvalue weighted by Gasteiger charge is 2.43. The van der Waals surface area contributed by atoms with Gasteiger partial charge >= 0.3 is 11.9 Å². The van der Waals surface area contributed by atoms with E-state index in [1.54, 1.807) is 0 Å². The summed E-state index contributed by atoms with van der Waals surface area (Å²) in [6.07, 6.45) is 2.44. The summed E-state index contributed by atoms with van der Waals surface area (Å²) in [4.78, 5) is 29.6. The first-order valence-electron chi connectivity index (χ1n) is 10.5. The van der Waals surface area contributed by atoms with Crippen LogP contribution in [0.25, 0.3) is 0 Å². The number of ether oxygens (including phenoxy) is 3. The Bertz CT molecular complexity index is 944. The Morgan fingerprint density at radius 2 is 1.71 bits per heavy atom. The molecule has 0 aromatic heterocycles. The molecule has 1 unspecified atom stereocenters. The molecule has 4 rings (SSSR count). The number of para-hydroxylation sites is 2. The van der Waals surface area contributed by atoms with Gasteiger partial charge in [0.1, 0.15) is 6.10 Å². The zero-order valence-corrected chi connectivity index (χ0v) is 17.3. The fraction of sp³-hybridized carbons (Fsp3) is 0.333. The molecule has 2 aliphatic heterocycles. The molecular weight excluding hydrogens is 398 g/mol. The molecule has 0 bridgehead atoms. The summed E-state index contributed by atoms with van der Waals surface area (Å²) in [6.45, 7) is 2.90. The van der Waals surface area contributed by atoms with Gasteiger partial charge in [-0.1, -0.05) is 47.5 Å². The van der Waals surface area contributed by atoms with Crippen LogP contribution in [0.5, 0.6) is 11.5 Å². The maximum Gasteiger partial charge on any atom is 0.350 e. The van der Waals surface area contributed by atoms with E-state index in [2.05, 4.69) is 0 Å². The van der Waals surface area contributed by atoms with Gasteiger partial charge < -0.3 is 19.0 Å². The van der Waals surface area contributed by atoms with Crippen molar-refractivity contribution in [1.82, 2.24) is 5.06 Å². The van der Waals surface area contributed by atoms with E-state index < -0.39 is 24.3 Å². The second-order valence-corrected chi connectivity index (χ2v) is 7.35. The van der Waals surface area contributed by atoms with Gasteiger partial charge in [-0.15, -0.1) is 0 Å². The minimum Gasteiger partial charge on any atom is -0.490 e. The predicted molar refractivity (Wildman–Crippen MR) is 112 cm³/mol. The number of hydrogen-bond acceptors (Lipinski definition) is 7. The third kappa shape index (κ3) is 4.88. The topological polar surface area (TPSA) is 74.3 Å². The molecule has 0 amide bonds. The molecule has 7 nitrogen and oxygen atoms in total. The van der Waals surface area contributed by atoms with Crippen LogP contribution < -0.4 is 9.47 Å². The van der Waals surface area contributed by atoms with Crippen LogP contribution in [0.15, 0.2) is 66.7 Å². The van der Waals surface area contributed by atoms with Gasteiger partial charge in [-0.25, -0.2) is 9.59 Å². The molecule has 1 saturated heterocycles. The predicted octanol–water partition coefficient (Wildman–Crippen LogP) is 3.81. The van der Waals surface area contributed by atoms with Crippen molar-refractivity contribution >= 4 is 11.9 Å². The van der Waals surface area contributed by atoms with Crippen LogP contribution in [0.1, 0.15) is 31.4 Å². The van der Waals surface area contributed by atoms with Crippen molar-refractivity contribution in [3.05, 3.63) is 72.3 Å². The number of esters is 1. The largest absolute Gasteiger partial charge is 0.490 e. The summed E-state index contributed by atoms with van der Waals surface area (Å²) in [5.74, 6) is -0.206. The highest BCUT2D eigenvalue weighted by molar-refractivity contribution is 5.92. The molecule has 2 aromatic carbocycles. The number of carbonyl (C=O) groups is 2. The summed E-state index contributed by atoms with van der Waals surface area (Å²) in [6, 6.07) is 17.2. The summed E-state index contributed by atoms with van der Waals surface area (Å²) in [5, 5.41) is 1.45. The van der Waals surface area contributed by atoms with Crippen LogP contribution >= 0.6 is 0 Å². The molecule has 2 heterocycles. The SMILES string of the molecule is CCOc1ccccc1O[C@H](c1ccccc1)[C@@H]1CCCN2OC(=O)/C=C/C(=O)OC12. The van der Waals surface area contributed by atoms with E-state index in [9.17, 15) is 9.59 Å². The summed E-state index contributed by atoms with van der Waals surface area (Å²) < 4.78 is 17.9. The summed E-state index contributed by atoms with van der Waals surface area (Å²) in [5.41, 5.74) is 0.931. The monoisotopic (exact) mass is 423 g/mol. The van der Waals surface area contributed by atoms with E-state index in [1.807, 2.05) is 61.5 Å². The van der Waals surface area contributed by atoms with Gasteiger partial charge in [-0.3, -0.25) is 0 Å². The Hall–Kier alpha value is -3.32. The molecule has 2 aliphatic rings. The van der Waals surface area contributed by atoms with E-state index in [1.165, 1.54) is 5.06 Å². The van der Waals surface area contributed by atoms with Gasteiger partial charge in [-0.05, 0) is 37.5 Å². The van der Waals surface area contributed by atoms with Crippen LogP contribution in [0.4, 0.5) is 0 Å². The van der Waals surface area contributed by atoms with E-state index >= 15 is 0 Å². The second-order valence-electron chi connectivity index (χ2n) is 7.35. The lowest BCUT2D eigenvalue weighted by Gasteiger charge is -2.42. The maximum absolute atomic E-state index is 12.2. The smallest absolute Gasteiger partial charge is 0.350 e. The molecule has 0 saturated carbocycles. The van der Waals surface area contributed by atoms with Gasteiger partial charge in [0, 0.05) is 18.7 Å². The minimum absolute atomic E-state index is 0.269. The molecule has 0 spiro atoms. The van der Waals surface area contributed by atoms with Crippen LogP contribution in [0.2, 0.25) is 0 Å². The first kappa shape index (κ1) is 20.9. The van der Waals surface area contributed by atoms with Crippen molar-refractivity contribution in [2.24, 2.45) is 5.92 Å². The van der Waals surface area contributed by atoms with Crippen LogP contribution in [0.3, 0.4) is 0 Å². The second kappa shape index (κ2) is 9.66. The standard InChI is InChI=1S/C24H25NO6/c1-2-28-19-12-6-7-13-20(19)29-23(17-9-4-3-5-10-17)18-11-8-16-25-24(18)30-21(26)14-15-22(27)31-25/h3-7,9-10,12-15,18,23-24H,2,8,11,16H2,1H3/b15-14+/t18-,23+,24?/m0/s1. The Morgan fingerprint density at radius 1 is 1.00 bits per heavy atom. The fourth-order valence-electron chi connectivity index (χ4n) is 3.96. The lowest BCUT2D eigenvalue weighted by atomic mass is 9.87. The van der Waals surface area contributed by atoms with Crippen molar-refractivity contribution in [2.75, 3.05) is 13.2 Å². The molecule has 0 N–H and O–H groups in total. The van der Waals surface area contributed by atoms with Crippen LogP contribution in [-0.2, 0) is 19.2 Å². The highest BCUT2D eigenvalue weighted by atomic mass is 16.7. The highest BCUT2D eigenvalue weighted by Crippen LogP contribution is 2.40. The molecule has 1 fully saturated rings. The number of benzene rings is 2.